The predicted octanol–water partition coefficient (Wildman–Crippen LogP) is 4.14. The summed E-state index contributed by atoms with van der Waals surface area (Å²) in [6.45, 7) is 1.41. The van der Waals surface area contributed by atoms with Gasteiger partial charge < -0.3 is 0 Å². The van der Waals surface area contributed by atoms with Gasteiger partial charge in [0.1, 0.15) is 15.3 Å². The van der Waals surface area contributed by atoms with Gasteiger partial charge in [0, 0.05) is 5.56 Å². The van der Waals surface area contributed by atoms with Crippen molar-refractivity contribution >= 4 is 63.8 Å². The molecule has 1 amide bonds. The Labute approximate surface area is 141 Å². The normalized spacial score (nSPS) is 28.1. The van der Waals surface area contributed by atoms with E-state index in [-0.39, 0.29) is 15.8 Å². The van der Waals surface area contributed by atoms with Gasteiger partial charge in [0.25, 0.3) is 5.91 Å². The molecule has 2 atom stereocenters. The van der Waals surface area contributed by atoms with Crippen LogP contribution in [0, 0.1) is 0 Å². The highest BCUT2D eigenvalue weighted by molar-refractivity contribution is 6.65. The highest BCUT2D eigenvalue weighted by Crippen LogP contribution is 2.39. The summed E-state index contributed by atoms with van der Waals surface area (Å²) in [7, 11) is 0. The van der Waals surface area contributed by atoms with Crippen LogP contribution in [0.1, 0.15) is 17.3 Å². The maximum atomic E-state index is 12.1. The van der Waals surface area contributed by atoms with Crippen LogP contribution in [0.3, 0.4) is 0 Å². The Bertz CT molecular complexity index is 665. The van der Waals surface area contributed by atoms with E-state index in [1.54, 1.807) is 30.3 Å². The second kappa shape index (κ2) is 6.09. The number of benzene rings is 1. The summed E-state index contributed by atoms with van der Waals surface area (Å²) in [6, 6.07) is 8.37. The van der Waals surface area contributed by atoms with Gasteiger partial charge in [-0.05, 0) is 19.1 Å². The number of nitrogens with zero attached hydrogens (tertiary/aromatic N) is 1. The first-order chi connectivity index (χ1) is 9.76. The van der Waals surface area contributed by atoms with Crippen molar-refractivity contribution in [2.45, 2.75) is 17.2 Å². The first kappa shape index (κ1) is 16.5. The number of rotatable bonds is 1. The Morgan fingerprint density at radius 1 is 1.19 bits per heavy atom. The standard InChI is InChI=1S/C14H9Cl4NO2/c1-14(18)11(17)10(8(15)9(16)12(14)20)19-13(21)7-5-3-2-4-6-7/h2-6,11H,1H3. The van der Waals surface area contributed by atoms with E-state index in [0.29, 0.717) is 5.56 Å². The molecule has 7 heteroatoms. The first-order valence-corrected chi connectivity index (χ1v) is 7.45. The molecule has 1 aliphatic rings. The maximum absolute atomic E-state index is 12.1. The SMILES string of the molecule is CC1(Cl)C(=O)C(Cl)=C(Cl)C(=NC(=O)c2ccccc2)C1Cl. The zero-order valence-corrected chi connectivity index (χ0v) is 13.8. The Kier molecular flexibility index (Phi) is 4.79. The molecule has 0 N–H and O–H groups in total. The highest BCUT2D eigenvalue weighted by atomic mass is 35.5. The van der Waals surface area contributed by atoms with Gasteiger partial charge in [-0.2, -0.15) is 0 Å². The van der Waals surface area contributed by atoms with Crippen LogP contribution in [0.2, 0.25) is 0 Å². The van der Waals surface area contributed by atoms with Crippen molar-refractivity contribution in [1.82, 2.24) is 0 Å². The molecule has 2 unspecified atom stereocenters. The highest BCUT2D eigenvalue weighted by Gasteiger charge is 2.48. The molecular weight excluding hydrogens is 356 g/mol. The fourth-order valence-corrected chi connectivity index (χ4v) is 2.86. The van der Waals surface area contributed by atoms with Gasteiger partial charge in [-0.3, -0.25) is 9.59 Å². The van der Waals surface area contributed by atoms with E-state index < -0.39 is 21.9 Å². The minimum absolute atomic E-state index is 0.00529. The molecule has 21 heavy (non-hydrogen) atoms. The molecule has 0 fully saturated rings. The molecule has 1 aliphatic carbocycles. The molecule has 0 aromatic heterocycles. The molecule has 0 bridgehead atoms. The monoisotopic (exact) mass is 363 g/mol. The minimum atomic E-state index is -1.51. The molecule has 0 aliphatic heterocycles. The first-order valence-electron chi connectivity index (χ1n) is 5.88. The molecule has 0 saturated carbocycles. The Balaban J connectivity index is 2.49. The lowest BCUT2D eigenvalue weighted by molar-refractivity contribution is -0.117. The maximum Gasteiger partial charge on any atom is 0.277 e. The molecule has 3 nitrogen and oxygen atoms in total. The fourth-order valence-electron chi connectivity index (χ4n) is 1.77. The number of allylic oxidation sites excluding steroid dienone is 2. The number of carbonyl (C=O) groups excluding carboxylic acids is 2. The summed E-state index contributed by atoms with van der Waals surface area (Å²) in [4.78, 5) is 26.4. The summed E-state index contributed by atoms with van der Waals surface area (Å²) < 4.78 is 0. The van der Waals surface area contributed by atoms with Gasteiger partial charge in [-0.15, -0.1) is 23.2 Å². The van der Waals surface area contributed by atoms with Crippen LogP contribution in [0.4, 0.5) is 0 Å². The summed E-state index contributed by atoms with van der Waals surface area (Å²) >= 11 is 24.1. The Hall–Kier alpha value is -0.870. The van der Waals surface area contributed by atoms with Crippen LogP contribution in [-0.2, 0) is 4.79 Å². The number of halogens is 4. The molecule has 0 heterocycles. The van der Waals surface area contributed by atoms with E-state index in [2.05, 4.69) is 4.99 Å². The van der Waals surface area contributed by atoms with Crippen LogP contribution in [-0.4, -0.2) is 27.7 Å². The Morgan fingerprint density at radius 3 is 2.33 bits per heavy atom. The van der Waals surface area contributed by atoms with E-state index in [0.717, 1.165) is 0 Å². The lowest BCUT2D eigenvalue weighted by atomic mass is 9.91. The van der Waals surface area contributed by atoms with Crippen LogP contribution in [0.25, 0.3) is 0 Å². The summed E-state index contributed by atoms with van der Waals surface area (Å²) in [5, 5.41) is -1.48. The van der Waals surface area contributed by atoms with Gasteiger partial charge in [0.15, 0.2) is 5.78 Å². The second-order valence-corrected chi connectivity index (χ2v) is 6.54. The zero-order valence-electron chi connectivity index (χ0n) is 10.7. The third-order valence-electron chi connectivity index (χ3n) is 3.02. The molecule has 2 rings (SSSR count). The van der Waals surface area contributed by atoms with E-state index in [1.807, 2.05) is 0 Å². The van der Waals surface area contributed by atoms with Crippen molar-refractivity contribution in [3.05, 3.63) is 46.0 Å². The molecule has 0 spiro atoms. The number of Topliss-reactive ketones (excluding diaryl/α,β-unsaturated/α-hetero) is 1. The quantitative estimate of drug-likeness (QED) is 0.703. The molecule has 0 radical (unpaired) electrons. The van der Waals surface area contributed by atoms with Crippen LogP contribution < -0.4 is 0 Å². The van der Waals surface area contributed by atoms with Crippen molar-refractivity contribution in [2.24, 2.45) is 4.99 Å². The lowest BCUT2D eigenvalue weighted by Gasteiger charge is -2.31. The summed E-state index contributed by atoms with van der Waals surface area (Å²) in [5.74, 6) is -1.14. The van der Waals surface area contributed by atoms with Crippen molar-refractivity contribution in [3.63, 3.8) is 0 Å². The summed E-state index contributed by atoms with van der Waals surface area (Å²) in [5.41, 5.74) is 0.358. The average Bonchev–Trinajstić information content (AvgIpc) is 2.49. The molecular formula is C14H9Cl4NO2. The van der Waals surface area contributed by atoms with E-state index in [4.69, 9.17) is 46.4 Å². The lowest BCUT2D eigenvalue weighted by Crippen LogP contribution is -2.47. The predicted molar refractivity (Wildman–Crippen MR) is 85.8 cm³/mol. The number of hydrogen-bond donors (Lipinski definition) is 0. The number of hydrogen-bond acceptors (Lipinski definition) is 2. The van der Waals surface area contributed by atoms with E-state index >= 15 is 0 Å². The number of amides is 1. The molecule has 110 valence electrons. The largest absolute Gasteiger partial charge is 0.291 e. The van der Waals surface area contributed by atoms with Crippen molar-refractivity contribution in [3.8, 4) is 0 Å². The van der Waals surface area contributed by atoms with Crippen LogP contribution in [0.5, 0.6) is 0 Å². The number of ketones is 1. The molecule has 1 aromatic rings. The third kappa shape index (κ3) is 3.02. The average molecular weight is 365 g/mol. The van der Waals surface area contributed by atoms with E-state index in [1.165, 1.54) is 6.92 Å². The molecule has 0 saturated heterocycles. The van der Waals surface area contributed by atoms with Gasteiger partial charge in [-0.25, -0.2) is 4.99 Å². The van der Waals surface area contributed by atoms with Gasteiger partial charge >= 0.3 is 0 Å². The molecule has 1 aromatic carbocycles. The third-order valence-corrected chi connectivity index (χ3v) is 5.00. The minimum Gasteiger partial charge on any atom is -0.291 e. The van der Waals surface area contributed by atoms with Gasteiger partial charge in [-0.1, -0.05) is 41.4 Å². The van der Waals surface area contributed by atoms with Crippen LogP contribution >= 0.6 is 46.4 Å². The van der Waals surface area contributed by atoms with E-state index in [9.17, 15) is 9.59 Å². The van der Waals surface area contributed by atoms with Crippen molar-refractivity contribution in [2.75, 3.05) is 0 Å². The van der Waals surface area contributed by atoms with Gasteiger partial charge in [0.2, 0.25) is 0 Å². The number of aliphatic imine (C=N–C) groups is 1. The number of alkyl halides is 2. The van der Waals surface area contributed by atoms with Crippen molar-refractivity contribution < 1.29 is 9.59 Å². The van der Waals surface area contributed by atoms with Gasteiger partial charge in [0.05, 0.1) is 10.7 Å². The topological polar surface area (TPSA) is 46.5 Å². The van der Waals surface area contributed by atoms with Crippen molar-refractivity contribution in [1.29, 1.82) is 0 Å². The van der Waals surface area contributed by atoms with Crippen LogP contribution in [0.15, 0.2) is 45.4 Å². The number of carbonyl (C=O) groups is 2. The smallest absolute Gasteiger partial charge is 0.277 e. The summed E-state index contributed by atoms with van der Waals surface area (Å²) in [6.07, 6.45) is 0. The second-order valence-electron chi connectivity index (χ2n) is 4.56. The Morgan fingerprint density at radius 2 is 1.76 bits per heavy atom. The zero-order chi connectivity index (χ0) is 15.8. The fraction of sp³-hybridized carbons (Fsp3) is 0.214.